The van der Waals surface area contributed by atoms with Gasteiger partial charge in [0.05, 0.1) is 29.2 Å². The summed E-state index contributed by atoms with van der Waals surface area (Å²) in [5, 5.41) is 3.36. The Morgan fingerprint density at radius 1 is 0.881 bits per heavy atom. The highest BCUT2D eigenvalue weighted by Crippen LogP contribution is 2.62. The highest BCUT2D eigenvalue weighted by Gasteiger charge is 2.71. The second-order valence-corrected chi connectivity index (χ2v) is 11.1. The van der Waals surface area contributed by atoms with E-state index in [4.69, 9.17) is 16.3 Å². The summed E-state index contributed by atoms with van der Waals surface area (Å²) in [6.45, 7) is 2.21. The molecule has 0 bridgehead atoms. The number of para-hydroxylation sites is 2. The van der Waals surface area contributed by atoms with Crippen LogP contribution in [0.15, 0.2) is 103 Å². The van der Waals surface area contributed by atoms with Gasteiger partial charge in [0.2, 0.25) is 5.91 Å². The standard InChI is InChI=1S/C35H27ClN2O4/c1-2-42-28-18-10-6-14-24(28)31(39)29-30(32(40)23-13-5-8-16-26(23)36)38-20-19-21-11-3-4-12-22(21)33(38)35(29)25-15-7-9-17-27(25)37-34(35)41/h3-20,29-30,33H,2H2,1H3,(H,37,41). The molecule has 4 aromatic carbocycles. The Kier molecular flexibility index (Phi) is 6.24. The van der Waals surface area contributed by atoms with Crippen molar-refractivity contribution in [1.29, 1.82) is 0 Å². The number of ketones is 2. The Balaban J connectivity index is 1.55. The quantitative estimate of drug-likeness (QED) is 0.259. The molecule has 4 unspecified atom stereocenters. The van der Waals surface area contributed by atoms with E-state index in [0.29, 0.717) is 39.8 Å². The normalized spacial score (nSPS) is 23.2. The average Bonchev–Trinajstić information content (AvgIpc) is 3.49. The van der Waals surface area contributed by atoms with Crippen molar-refractivity contribution in [2.45, 2.75) is 24.4 Å². The second kappa shape index (κ2) is 10.00. The predicted molar refractivity (Wildman–Crippen MR) is 162 cm³/mol. The average molecular weight is 575 g/mol. The number of nitrogens with one attached hydrogen (secondary N) is 1. The number of nitrogens with zero attached hydrogens (tertiary/aromatic N) is 1. The third-order valence-electron chi connectivity index (χ3n) is 8.71. The van der Waals surface area contributed by atoms with Crippen LogP contribution in [0.2, 0.25) is 5.02 Å². The lowest BCUT2D eigenvalue weighted by molar-refractivity contribution is -0.122. The molecule has 0 aliphatic carbocycles. The fraction of sp³-hybridized carbons (Fsp3) is 0.171. The highest BCUT2D eigenvalue weighted by atomic mass is 35.5. The van der Waals surface area contributed by atoms with Gasteiger partial charge in [-0.3, -0.25) is 14.4 Å². The summed E-state index contributed by atoms with van der Waals surface area (Å²) >= 11 is 6.58. The number of anilines is 1. The van der Waals surface area contributed by atoms with Gasteiger partial charge < -0.3 is 15.0 Å². The van der Waals surface area contributed by atoms with Crippen molar-refractivity contribution in [3.63, 3.8) is 0 Å². The molecule has 42 heavy (non-hydrogen) atoms. The number of Topliss-reactive ketones (excluding diaryl/α,β-unsaturated/α-hetero) is 2. The zero-order valence-electron chi connectivity index (χ0n) is 22.8. The summed E-state index contributed by atoms with van der Waals surface area (Å²) in [7, 11) is 0. The molecule has 1 saturated heterocycles. The molecule has 6 nitrogen and oxygen atoms in total. The topological polar surface area (TPSA) is 75.7 Å². The highest BCUT2D eigenvalue weighted by molar-refractivity contribution is 6.34. The van der Waals surface area contributed by atoms with Crippen molar-refractivity contribution >= 4 is 40.8 Å². The first-order valence-electron chi connectivity index (χ1n) is 14.0. The summed E-state index contributed by atoms with van der Waals surface area (Å²) in [4.78, 5) is 46.2. The monoisotopic (exact) mass is 574 g/mol. The van der Waals surface area contributed by atoms with Gasteiger partial charge in [-0.2, -0.15) is 0 Å². The minimum Gasteiger partial charge on any atom is -0.493 e. The lowest BCUT2D eigenvalue weighted by Gasteiger charge is -2.38. The van der Waals surface area contributed by atoms with Crippen LogP contribution in [0.1, 0.15) is 50.4 Å². The minimum atomic E-state index is -1.42. The van der Waals surface area contributed by atoms with E-state index < -0.39 is 23.4 Å². The van der Waals surface area contributed by atoms with Gasteiger partial charge >= 0.3 is 0 Å². The number of carbonyl (C=O) groups excluding carboxylic acids is 3. The minimum absolute atomic E-state index is 0.290. The van der Waals surface area contributed by atoms with E-state index in [9.17, 15) is 9.59 Å². The number of ether oxygens (including phenoxy) is 1. The summed E-state index contributed by atoms with van der Waals surface area (Å²) in [6, 6.07) is 27.5. The Morgan fingerprint density at radius 3 is 2.38 bits per heavy atom. The van der Waals surface area contributed by atoms with Crippen molar-refractivity contribution in [2.75, 3.05) is 11.9 Å². The zero-order chi connectivity index (χ0) is 29.0. The van der Waals surface area contributed by atoms with Crippen LogP contribution in [-0.4, -0.2) is 35.0 Å². The molecule has 7 heteroatoms. The molecule has 0 radical (unpaired) electrons. The molecule has 1 amide bonds. The van der Waals surface area contributed by atoms with Crippen LogP contribution in [-0.2, 0) is 10.2 Å². The Bertz CT molecular complexity index is 1800. The van der Waals surface area contributed by atoms with E-state index in [2.05, 4.69) is 5.32 Å². The van der Waals surface area contributed by atoms with Crippen LogP contribution >= 0.6 is 11.6 Å². The van der Waals surface area contributed by atoms with E-state index in [1.54, 1.807) is 48.5 Å². The largest absolute Gasteiger partial charge is 0.493 e. The maximum Gasteiger partial charge on any atom is 0.238 e. The number of amides is 1. The van der Waals surface area contributed by atoms with Gasteiger partial charge in [-0.15, -0.1) is 0 Å². The van der Waals surface area contributed by atoms with E-state index in [1.165, 1.54) is 0 Å². The molecule has 7 rings (SSSR count). The van der Waals surface area contributed by atoms with Crippen LogP contribution in [0.5, 0.6) is 5.75 Å². The summed E-state index contributed by atoms with van der Waals surface area (Å²) in [5.41, 5.74) is 2.34. The lowest BCUT2D eigenvalue weighted by atomic mass is 9.62. The summed E-state index contributed by atoms with van der Waals surface area (Å²) in [6.07, 6.45) is 3.79. The Labute approximate surface area is 248 Å². The molecular formula is C35H27ClN2O4. The van der Waals surface area contributed by atoms with E-state index >= 15 is 4.79 Å². The van der Waals surface area contributed by atoms with Crippen LogP contribution < -0.4 is 10.1 Å². The first kappa shape index (κ1) is 26.2. The fourth-order valence-corrected chi connectivity index (χ4v) is 7.34. The predicted octanol–water partition coefficient (Wildman–Crippen LogP) is 6.72. The number of fused-ring (bicyclic) bond motifs is 6. The molecule has 1 N–H and O–H groups in total. The zero-order valence-corrected chi connectivity index (χ0v) is 23.5. The smallest absolute Gasteiger partial charge is 0.238 e. The number of halogens is 1. The SMILES string of the molecule is CCOc1ccccc1C(=O)C1C(C(=O)c2ccccc2Cl)N2C=Cc3ccccc3C2C12C(=O)Nc1ccccc12. The van der Waals surface area contributed by atoms with Crippen molar-refractivity contribution in [3.05, 3.63) is 136 Å². The van der Waals surface area contributed by atoms with Gasteiger partial charge in [-0.1, -0.05) is 78.3 Å². The van der Waals surface area contributed by atoms with Gasteiger partial charge in [0.1, 0.15) is 17.2 Å². The van der Waals surface area contributed by atoms with Crippen molar-refractivity contribution in [1.82, 2.24) is 4.90 Å². The molecule has 3 heterocycles. The van der Waals surface area contributed by atoms with E-state index in [0.717, 1.165) is 11.1 Å². The molecule has 0 aromatic heterocycles. The fourth-order valence-electron chi connectivity index (χ4n) is 7.11. The molecule has 208 valence electrons. The van der Waals surface area contributed by atoms with Gasteiger partial charge in [0.15, 0.2) is 11.6 Å². The summed E-state index contributed by atoms with van der Waals surface area (Å²) < 4.78 is 5.88. The molecule has 3 aliphatic heterocycles. The van der Waals surface area contributed by atoms with Crippen LogP contribution in [0.4, 0.5) is 5.69 Å². The van der Waals surface area contributed by atoms with Gasteiger partial charge in [-0.25, -0.2) is 0 Å². The van der Waals surface area contributed by atoms with Crippen molar-refractivity contribution in [3.8, 4) is 5.75 Å². The molecular weight excluding hydrogens is 548 g/mol. The number of hydrogen-bond acceptors (Lipinski definition) is 5. The molecule has 3 aliphatic rings. The van der Waals surface area contributed by atoms with E-state index in [-0.39, 0.29) is 17.5 Å². The van der Waals surface area contributed by atoms with E-state index in [1.807, 2.05) is 72.6 Å². The third kappa shape index (κ3) is 3.61. The van der Waals surface area contributed by atoms with Crippen LogP contribution in [0.25, 0.3) is 6.08 Å². The number of rotatable bonds is 6. The van der Waals surface area contributed by atoms with Crippen LogP contribution in [0.3, 0.4) is 0 Å². The second-order valence-electron chi connectivity index (χ2n) is 10.7. The number of hydrogen-bond donors (Lipinski definition) is 1. The lowest BCUT2D eigenvalue weighted by Crippen LogP contribution is -2.49. The third-order valence-corrected chi connectivity index (χ3v) is 9.04. The van der Waals surface area contributed by atoms with Crippen LogP contribution in [0, 0.1) is 5.92 Å². The van der Waals surface area contributed by atoms with Gasteiger partial charge in [0.25, 0.3) is 0 Å². The van der Waals surface area contributed by atoms with Crippen molar-refractivity contribution < 1.29 is 19.1 Å². The molecule has 1 fully saturated rings. The molecule has 4 aromatic rings. The summed E-state index contributed by atoms with van der Waals surface area (Å²) in [5.74, 6) is -1.66. The molecule has 4 atom stereocenters. The van der Waals surface area contributed by atoms with Crippen molar-refractivity contribution in [2.24, 2.45) is 5.92 Å². The molecule has 1 spiro atoms. The van der Waals surface area contributed by atoms with Gasteiger partial charge in [0, 0.05) is 17.5 Å². The number of carbonyl (C=O) groups is 3. The van der Waals surface area contributed by atoms with Gasteiger partial charge in [-0.05, 0) is 60.0 Å². The maximum atomic E-state index is 15.0. The first-order chi connectivity index (χ1) is 20.5. The maximum absolute atomic E-state index is 15.0. The number of benzene rings is 4. The Morgan fingerprint density at radius 2 is 1.57 bits per heavy atom. The molecule has 0 saturated carbocycles. The first-order valence-corrected chi connectivity index (χ1v) is 14.4. The Hall–Kier alpha value is -4.68.